The lowest BCUT2D eigenvalue weighted by molar-refractivity contribution is 0.175. The van der Waals surface area contributed by atoms with Crippen LogP contribution in [-0.2, 0) is 13.6 Å². The van der Waals surface area contributed by atoms with Crippen LogP contribution in [0.25, 0.3) is 0 Å². The molecule has 0 aromatic heterocycles. The molecule has 108 valence electrons. The van der Waals surface area contributed by atoms with Crippen LogP contribution < -0.4 is 0 Å². The third kappa shape index (κ3) is 8.00. The summed E-state index contributed by atoms with van der Waals surface area (Å²) in [6.07, 6.45) is 4.12. The Morgan fingerprint density at radius 2 is 1.72 bits per heavy atom. The summed E-state index contributed by atoms with van der Waals surface area (Å²) in [5.74, 6) is 0. The van der Waals surface area contributed by atoms with Crippen molar-refractivity contribution in [3.05, 3.63) is 12.7 Å². The van der Waals surface area contributed by atoms with E-state index in [0.29, 0.717) is 0 Å². The Morgan fingerprint density at radius 1 is 1.11 bits per heavy atom. The number of hydrogen-bond donors (Lipinski definition) is 0. The van der Waals surface area contributed by atoms with E-state index in [1.165, 1.54) is 0 Å². The first kappa shape index (κ1) is 17.8. The van der Waals surface area contributed by atoms with Gasteiger partial charge in [0.2, 0.25) is 0 Å². The van der Waals surface area contributed by atoms with Gasteiger partial charge in [-0.25, -0.2) is 0 Å². The Balaban J connectivity index is 3.91. The highest BCUT2D eigenvalue weighted by molar-refractivity contribution is 6.65. The molecule has 0 radical (unpaired) electrons. The lowest BCUT2D eigenvalue weighted by Crippen LogP contribution is -2.37. The molecular formula is C13H29NO3Si. The van der Waals surface area contributed by atoms with E-state index < -0.39 is 8.56 Å². The molecule has 0 aliphatic heterocycles. The van der Waals surface area contributed by atoms with Gasteiger partial charge in [-0.1, -0.05) is 6.08 Å². The van der Waals surface area contributed by atoms with Gasteiger partial charge in [-0.15, -0.1) is 6.58 Å². The van der Waals surface area contributed by atoms with Crippen molar-refractivity contribution in [2.45, 2.75) is 25.4 Å². The molecule has 0 fully saturated rings. The molecule has 0 saturated heterocycles. The van der Waals surface area contributed by atoms with E-state index >= 15 is 0 Å². The third-order valence-electron chi connectivity index (χ3n) is 3.18. The van der Waals surface area contributed by atoms with Crippen molar-refractivity contribution in [2.24, 2.45) is 0 Å². The number of methoxy groups -OCH3 is 1. The fraction of sp³-hybridized carbons (Fsp3) is 0.846. The van der Waals surface area contributed by atoms with Gasteiger partial charge in [0.25, 0.3) is 0 Å². The summed E-state index contributed by atoms with van der Waals surface area (Å²) in [6, 6.07) is 1.03. The Bertz CT molecular complexity index is 210. The van der Waals surface area contributed by atoms with Gasteiger partial charge in [-0.2, -0.15) is 0 Å². The van der Waals surface area contributed by atoms with E-state index in [-0.39, 0.29) is 0 Å². The van der Waals surface area contributed by atoms with Gasteiger partial charge < -0.3 is 13.6 Å². The highest BCUT2D eigenvalue weighted by Crippen LogP contribution is 2.14. The summed E-state index contributed by atoms with van der Waals surface area (Å²) in [6.45, 7) is 9.77. The fourth-order valence-corrected chi connectivity index (χ4v) is 3.20. The highest BCUT2D eigenvalue weighted by Gasteiger charge is 2.27. The molecule has 0 aliphatic rings. The summed E-state index contributed by atoms with van der Waals surface area (Å²) in [5.41, 5.74) is 0. The predicted molar refractivity (Wildman–Crippen MR) is 78.2 cm³/mol. The van der Waals surface area contributed by atoms with Crippen LogP contribution in [0.5, 0.6) is 0 Å². The molecule has 0 aromatic rings. The molecular weight excluding hydrogens is 246 g/mol. The van der Waals surface area contributed by atoms with Crippen LogP contribution in [0.2, 0.25) is 12.6 Å². The van der Waals surface area contributed by atoms with E-state index in [4.69, 9.17) is 13.6 Å². The quantitative estimate of drug-likeness (QED) is 0.311. The summed E-state index contributed by atoms with van der Waals surface area (Å²) in [7, 11) is 3.33. The predicted octanol–water partition coefficient (Wildman–Crippen LogP) is 2.27. The average molecular weight is 275 g/mol. The van der Waals surface area contributed by atoms with Crippen LogP contribution in [0.1, 0.15) is 12.8 Å². The lowest BCUT2D eigenvalue weighted by Gasteiger charge is -2.25. The maximum atomic E-state index is 5.49. The first-order valence-electron chi connectivity index (χ1n) is 6.54. The molecule has 0 rings (SSSR count). The molecule has 4 nitrogen and oxygen atoms in total. The van der Waals surface area contributed by atoms with Gasteiger partial charge in [0, 0.05) is 41.0 Å². The Hall–Kier alpha value is -0.203. The maximum absolute atomic E-state index is 5.49. The number of rotatable bonds is 12. The number of hydrogen-bond acceptors (Lipinski definition) is 4. The molecule has 0 aliphatic carbocycles. The molecule has 0 amide bonds. The largest absolute Gasteiger partial charge is 0.398 e. The second kappa shape index (κ2) is 10.7. The SMILES string of the molecule is C=CCN(CCCOC)CCC[Si](C)(OC)OC. The molecule has 0 saturated carbocycles. The van der Waals surface area contributed by atoms with Crippen molar-refractivity contribution in [2.75, 3.05) is 47.6 Å². The van der Waals surface area contributed by atoms with E-state index in [2.05, 4.69) is 18.0 Å². The third-order valence-corrected chi connectivity index (χ3v) is 6.17. The monoisotopic (exact) mass is 275 g/mol. The zero-order valence-corrected chi connectivity index (χ0v) is 13.4. The summed E-state index contributed by atoms with van der Waals surface area (Å²) >= 11 is 0. The first-order valence-corrected chi connectivity index (χ1v) is 9.06. The molecule has 5 heteroatoms. The molecule has 0 N–H and O–H groups in total. The van der Waals surface area contributed by atoms with E-state index in [1.807, 2.05) is 6.08 Å². The molecule has 0 atom stereocenters. The maximum Gasteiger partial charge on any atom is 0.334 e. The first-order chi connectivity index (χ1) is 8.61. The summed E-state index contributed by atoms with van der Waals surface area (Å²) in [4.78, 5) is 2.40. The van der Waals surface area contributed by atoms with Crippen molar-refractivity contribution in [1.82, 2.24) is 4.90 Å². The summed E-state index contributed by atoms with van der Waals surface area (Å²) < 4.78 is 16.0. The minimum Gasteiger partial charge on any atom is -0.398 e. The molecule has 0 unspecified atom stereocenters. The Labute approximate surface area is 113 Å². The van der Waals surface area contributed by atoms with Crippen molar-refractivity contribution in [3.8, 4) is 0 Å². The molecule has 0 heterocycles. The van der Waals surface area contributed by atoms with Gasteiger partial charge in [0.1, 0.15) is 0 Å². The van der Waals surface area contributed by atoms with E-state index in [9.17, 15) is 0 Å². The Morgan fingerprint density at radius 3 is 2.22 bits per heavy atom. The topological polar surface area (TPSA) is 30.9 Å². The Kier molecular flexibility index (Phi) is 10.6. The highest BCUT2D eigenvalue weighted by atomic mass is 28.4. The lowest BCUT2D eigenvalue weighted by atomic mass is 10.3. The smallest absolute Gasteiger partial charge is 0.334 e. The minimum atomic E-state index is -1.90. The second-order valence-corrected chi connectivity index (χ2v) is 8.17. The zero-order valence-electron chi connectivity index (χ0n) is 12.4. The van der Waals surface area contributed by atoms with Crippen LogP contribution in [0.4, 0.5) is 0 Å². The van der Waals surface area contributed by atoms with E-state index in [1.54, 1.807) is 21.3 Å². The van der Waals surface area contributed by atoms with Crippen molar-refractivity contribution in [1.29, 1.82) is 0 Å². The van der Waals surface area contributed by atoms with Gasteiger partial charge in [0.05, 0.1) is 0 Å². The van der Waals surface area contributed by atoms with Crippen LogP contribution >= 0.6 is 0 Å². The molecule has 0 spiro atoms. The normalized spacial score (nSPS) is 12.1. The standard InChI is InChI=1S/C13H29NO3Si/c1-6-9-14(10-7-12-15-2)11-8-13-18(5,16-3)17-4/h6H,1,7-13H2,2-5H3. The van der Waals surface area contributed by atoms with Crippen LogP contribution in [0, 0.1) is 0 Å². The fourth-order valence-electron chi connectivity index (χ4n) is 1.82. The van der Waals surface area contributed by atoms with Gasteiger partial charge >= 0.3 is 8.56 Å². The van der Waals surface area contributed by atoms with Gasteiger partial charge in [-0.3, -0.25) is 4.90 Å². The van der Waals surface area contributed by atoms with Crippen LogP contribution in [0.3, 0.4) is 0 Å². The molecule has 18 heavy (non-hydrogen) atoms. The number of ether oxygens (including phenoxy) is 1. The minimum absolute atomic E-state index is 0.816. The van der Waals surface area contributed by atoms with Gasteiger partial charge in [0.15, 0.2) is 0 Å². The van der Waals surface area contributed by atoms with Crippen LogP contribution in [0.15, 0.2) is 12.7 Å². The van der Waals surface area contributed by atoms with Crippen molar-refractivity contribution in [3.63, 3.8) is 0 Å². The van der Waals surface area contributed by atoms with Crippen molar-refractivity contribution >= 4 is 8.56 Å². The average Bonchev–Trinajstić information content (AvgIpc) is 2.38. The number of nitrogens with zero attached hydrogens (tertiary/aromatic N) is 1. The zero-order chi connectivity index (χ0) is 13.9. The van der Waals surface area contributed by atoms with E-state index in [0.717, 1.165) is 45.1 Å². The summed E-state index contributed by atoms with van der Waals surface area (Å²) in [5, 5.41) is 0. The van der Waals surface area contributed by atoms with Crippen molar-refractivity contribution < 1.29 is 13.6 Å². The molecule has 0 bridgehead atoms. The molecule has 0 aromatic carbocycles. The van der Waals surface area contributed by atoms with Crippen LogP contribution in [-0.4, -0.2) is 61.0 Å². The van der Waals surface area contributed by atoms with Gasteiger partial charge in [-0.05, 0) is 32.0 Å². The second-order valence-electron chi connectivity index (χ2n) is 4.58.